The number of aliphatic hydroxyl groups is 5. The third-order valence-electron chi connectivity index (χ3n) is 5.75. The summed E-state index contributed by atoms with van der Waals surface area (Å²) in [4.78, 5) is 0. The van der Waals surface area contributed by atoms with Gasteiger partial charge in [-0.3, -0.25) is 0 Å². The van der Waals surface area contributed by atoms with E-state index in [1.807, 2.05) is 6.08 Å². The largest absolute Gasteiger partial charge is 0.394 e. The minimum Gasteiger partial charge on any atom is -0.394 e. The molecule has 0 amide bonds. The van der Waals surface area contributed by atoms with E-state index < -0.39 is 62.7 Å². The fourth-order valence-corrected chi connectivity index (χ4v) is 3.60. The Hall–Kier alpha value is -0.580. The van der Waals surface area contributed by atoms with Crippen molar-refractivity contribution in [1.82, 2.24) is 0 Å². The van der Waals surface area contributed by atoms with E-state index in [1.165, 1.54) is 0 Å². The van der Waals surface area contributed by atoms with Gasteiger partial charge in [0.1, 0.15) is 24.4 Å². The molecule has 190 valence electrons. The van der Waals surface area contributed by atoms with Gasteiger partial charge in [-0.15, -0.1) is 0 Å². The van der Waals surface area contributed by atoms with Crippen LogP contribution in [0.1, 0.15) is 90.7 Å². The summed E-state index contributed by atoms with van der Waals surface area (Å²) in [6.07, 6.45) is 3.20. The number of aliphatic hydroxyl groups excluding tert-OH is 5. The van der Waals surface area contributed by atoms with Crippen molar-refractivity contribution < 1.29 is 41.9 Å². The van der Waals surface area contributed by atoms with Crippen molar-refractivity contribution in [2.24, 2.45) is 5.73 Å². The highest BCUT2D eigenvalue weighted by Crippen LogP contribution is 2.22. The molecule has 1 aliphatic rings. The Kier molecular flexibility index (Phi) is 12.2. The first-order chi connectivity index (χ1) is 17.3. The lowest BCUT2D eigenvalue weighted by molar-refractivity contribution is -0.302. The first-order valence-corrected chi connectivity index (χ1v) is 11.8. The van der Waals surface area contributed by atoms with E-state index in [2.05, 4.69) is 0 Å². The van der Waals surface area contributed by atoms with Crippen LogP contribution in [0.2, 0.25) is 0 Å². The van der Waals surface area contributed by atoms with Crippen molar-refractivity contribution in [3.63, 3.8) is 0 Å². The van der Waals surface area contributed by atoms with Crippen LogP contribution in [0.15, 0.2) is 12.2 Å². The molecule has 1 saturated heterocycles. The van der Waals surface area contributed by atoms with Gasteiger partial charge < -0.3 is 40.7 Å². The predicted molar refractivity (Wildman–Crippen MR) is 124 cm³/mol. The Balaban J connectivity index is 2.07. The molecule has 0 aliphatic carbocycles. The van der Waals surface area contributed by atoms with Crippen LogP contribution in [0.4, 0.5) is 0 Å². The average Bonchev–Trinajstić information content (AvgIpc) is 2.83. The quantitative estimate of drug-likeness (QED) is 0.132. The van der Waals surface area contributed by atoms with E-state index >= 15 is 0 Å². The Bertz CT molecular complexity index is 639. The molecule has 1 fully saturated rings. The van der Waals surface area contributed by atoms with E-state index in [0.717, 1.165) is 57.8 Å². The van der Waals surface area contributed by atoms with E-state index in [1.54, 1.807) is 6.08 Å². The van der Waals surface area contributed by atoms with Crippen LogP contribution in [-0.2, 0) is 9.47 Å². The van der Waals surface area contributed by atoms with E-state index in [0.29, 0.717) is 6.42 Å². The van der Waals surface area contributed by atoms with Crippen LogP contribution >= 0.6 is 0 Å². The molecule has 1 rings (SSSR count). The van der Waals surface area contributed by atoms with Crippen LogP contribution in [0.25, 0.3) is 0 Å². The van der Waals surface area contributed by atoms with Gasteiger partial charge in [0.25, 0.3) is 0 Å². The summed E-state index contributed by atoms with van der Waals surface area (Å²) >= 11 is 0. The van der Waals surface area contributed by atoms with Gasteiger partial charge in [-0.05, 0) is 12.8 Å². The molecule has 0 spiro atoms. The maximum absolute atomic E-state index is 10.2. The van der Waals surface area contributed by atoms with Crippen molar-refractivity contribution in [2.45, 2.75) is 127 Å². The minimum absolute atomic E-state index is 0.0713. The number of nitrogens with two attached hydrogens (primary N) is 1. The van der Waals surface area contributed by atoms with Crippen LogP contribution in [-0.4, -0.2) is 81.6 Å². The van der Waals surface area contributed by atoms with Crippen molar-refractivity contribution in [1.29, 1.82) is 0 Å². The smallest absolute Gasteiger partial charge is 0.186 e. The zero-order valence-corrected chi connectivity index (χ0v) is 19.0. The first-order valence-electron chi connectivity index (χ1n) is 14.3. The van der Waals surface area contributed by atoms with Crippen molar-refractivity contribution >= 4 is 0 Å². The number of rotatable bonds is 18. The number of ether oxygens (including phenoxy) is 2. The summed E-state index contributed by atoms with van der Waals surface area (Å²) in [7, 11) is 0. The monoisotopic (exact) mass is 466 g/mol. The number of hydrogen-bond donors (Lipinski definition) is 6. The molecular formula is C24H47NO7. The zero-order valence-electron chi connectivity index (χ0n) is 24.0. The fraction of sp³-hybridized carbons (Fsp3) is 0.917. The number of hydrogen-bond acceptors (Lipinski definition) is 8. The lowest BCUT2D eigenvalue weighted by Gasteiger charge is -2.39. The molecule has 0 aromatic heterocycles. The van der Waals surface area contributed by atoms with E-state index in [9.17, 15) is 25.5 Å². The Labute approximate surface area is 200 Å². The first kappa shape index (κ1) is 21.9. The maximum Gasteiger partial charge on any atom is 0.186 e. The Morgan fingerprint density at radius 1 is 0.969 bits per heavy atom. The fourth-order valence-electron chi connectivity index (χ4n) is 3.60. The highest BCUT2D eigenvalue weighted by Gasteiger charge is 2.44. The number of allylic oxidation sites excluding steroid dienone is 1. The summed E-state index contributed by atoms with van der Waals surface area (Å²) in [5.74, 6) is 0. The van der Waals surface area contributed by atoms with Gasteiger partial charge in [-0.1, -0.05) is 83.2 Å². The van der Waals surface area contributed by atoms with Gasteiger partial charge in [0.15, 0.2) is 6.29 Å². The molecule has 0 aromatic carbocycles. The summed E-state index contributed by atoms with van der Waals surface area (Å²) in [5.41, 5.74) is 5.92. The SMILES string of the molecule is [2H]C([2H])([2H])C([2H])([2H])CCCCCCCCCCC/C=C/[C@@H](O)[C@@H](N)CO[C@@H]1O[C@H](CO)[C@H](O)[C@H](O)[C@H]1O. The second-order valence-electron chi connectivity index (χ2n) is 8.51. The standard InChI is InChI=1S/C24H47NO7/c1-2-3-4-5-6-7-8-9-10-11-12-13-14-15-19(27)18(25)17-31-24-23(30)22(29)21(28)20(16-26)32-24/h14-15,18-24,26-30H,2-13,16-17,25H2,1H3/b15-14+/t18-,19+,20+,21-,22-,23+,24+/m0/s1/i1D3,2D2. The highest BCUT2D eigenvalue weighted by atomic mass is 16.7. The second-order valence-corrected chi connectivity index (χ2v) is 8.51. The molecule has 32 heavy (non-hydrogen) atoms. The summed E-state index contributed by atoms with van der Waals surface area (Å²) < 4.78 is 47.4. The van der Waals surface area contributed by atoms with Gasteiger partial charge in [0, 0.05) is 6.85 Å². The van der Waals surface area contributed by atoms with Gasteiger partial charge >= 0.3 is 0 Å². The van der Waals surface area contributed by atoms with Gasteiger partial charge in [-0.2, -0.15) is 0 Å². The highest BCUT2D eigenvalue weighted by molar-refractivity contribution is 4.94. The molecule has 0 saturated carbocycles. The maximum atomic E-state index is 10.2. The molecule has 0 unspecified atom stereocenters. The third-order valence-corrected chi connectivity index (χ3v) is 5.75. The molecule has 7 atom stereocenters. The van der Waals surface area contributed by atoms with E-state index in [-0.39, 0.29) is 13.0 Å². The van der Waals surface area contributed by atoms with Crippen LogP contribution in [0, 0.1) is 0 Å². The molecule has 8 nitrogen and oxygen atoms in total. The third kappa shape index (κ3) is 11.5. The normalized spacial score (nSPS) is 31.4. The second kappa shape index (κ2) is 17.8. The van der Waals surface area contributed by atoms with Crippen molar-refractivity contribution in [2.75, 3.05) is 13.2 Å². The predicted octanol–water partition coefficient (Wildman–Crippen LogP) is 1.75. The lowest BCUT2D eigenvalue weighted by atomic mass is 9.99. The van der Waals surface area contributed by atoms with Gasteiger partial charge in [0.2, 0.25) is 0 Å². The summed E-state index contributed by atoms with van der Waals surface area (Å²) in [5, 5.41) is 48.9. The molecule has 0 bridgehead atoms. The van der Waals surface area contributed by atoms with E-state index in [4.69, 9.17) is 22.1 Å². The van der Waals surface area contributed by atoms with Gasteiger partial charge in [0.05, 0.1) is 25.4 Å². The van der Waals surface area contributed by atoms with Crippen LogP contribution in [0.3, 0.4) is 0 Å². The zero-order chi connectivity index (χ0) is 28.1. The Morgan fingerprint density at radius 2 is 1.56 bits per heavy atom. The average molecular weight is 467 g/mol. The van der Waals surface area contributed by atoms with Gasteiger partial charge in [-0.25, -0.2) is 0 Å². The molecule has 8 heteroatoms. The molecular weight excluding hydrogens is 414 g/mol. The van der Waals surface area contributed by atoms with Crippen molar-refractivity contribution in [3.05, 3.63) is 12.2 Å². The lowest BCUT2D eigenvalue weighted by Crippen LogP contribution is -2.59. The molecule has 7 N–H and O–H groups in total. The number of unbranched alkanes of at least 4 members (excludes halogenated alkanes) is 9. The van der Waals surface area contributed by atoms with Crippen LogP contribution < -0.4 is 5.73 Å². The topological polar surface area (TPSA) is 146 Å². The molecule has 1 heterocycles. The summed E-state index contributed by atoms with van der Waals surface area (Å²) in [6.45, 7) is -3.28. The van der Waals surface area contributed by atoms with Crippen LogP contribution in [0.5, 0.6) is 0 Å². The Morgan fingerprint density at radius 3 is 2.16 bits per heavy atom. The molecule has 0 radical (unpaired) electrons. The summed E-state index contributed by atoms with van der Waals surface area (Å²) in [6, 6.07) is -0.796. The molecule has 0 aromatic rings. The molecule has 1 aliphatic heterocycles. The van der Waals surface area contributed by atoms with Crippen molar-refractivity contribution in [3.8, 4) is 0 Å². The minimum atomic E-state index is -2.56.